The highest BCUT2D eigenvalue weighted by molar-refractivity contribution is 7.99. The van der Waals surface area contributed by atoms with Crippen LogP contribution >= 0.6 is 11.8 Å². The first-order chi connectivity index (χ1) is 6.09. The van der Waals surface area contributed by atoms with Crippen molar-refractivity contribution in [2.24, 2.45) is 11.3 Å². The molecular formula is C10H17NOS. The topological polar surface area (TPSA) is 29.1 Å². The van der Waals surface area contributed by atoms with E-state index in [1.165, 1.54) is 5.75 Å². The third kappa shape index (κ3) is 2.01. The molecule has 0 aromatic carbocycles. The number of rotatable bonds is 2. The Morgan fingerprint density at radius 1 is 1.54 bits per heavy atom. The van der Waals surface area contributed by atoms with Crippen molar-refractivity contribution < 1.29 is 4.79 Å². The van der Waals surface area contributed by atoms with Crippen molar-refractivity contribution in [3.63, 3.8) is 0 Å². The average molecular weight is 199 g/mol. The molecule has 2 rings (SSSR count). The minimum Gasteiger partial charge on any atom is -0.352 e. The van der Waals surface area contributed by atoms with Crippen LogP contribution in [0.1, 0.15) is 26.7 Å². The van der Waals surface area contributed by atoms with Crippen molar-refractivity contribution >= 4 is 17.7 Å². The van der Waals surface area contributed by atoms with Gasteiger partial charge in [0.25, 0.3) is 0 Å². The molecule has 1 unspecified atom stereocenters. The van der Waals surface area contributed by atoms with Crippen LogP contribution in [0.5, 0.6) is 0 Å². The van der Waals surface area contributed by atoms with Gasteiger partial charge in [0.05, 0.1) is 0 Å². The van der Waals surface area contributed by atoms with Gasteiger partial charge in [0.1, 0.15) is 0 Å². The second kappa shape index (κ2) is 3.19. The summed E-state index contributed by atoms with van der Waals surface area (Å²) in [6.45, 7) is 4.33. The third-order valence-corrected chi connectivity index (χ3v) is 4.27. The molecule has 0 spiro atoms. The van der Waals surface area contributed by atoms with Crippen LogP contribution in [0.25, 0.3) is 0 Å². The molecule has 1 saturated heterocycles. The predicted octanol–water partition coefficient (Wildman–Crippen LogP) is 1.65. The normalized spacial score (nSPS) is 35.8. The Bertz CT molecular complexity index is 221. The van der Waals surface area contributed by atoms with Crippen molar-refractivity contribution in [1.82, 2.24) is 5.32 Å². The molecule has 1 amide bonds. The molecule has 1 aliphatic heterocycles. The lowest BCUT2D eigenvalue weighted by Gasteiger charge is -2.11. The van der Waals surface area contributed by atoms with Crippen LogP contribution in [0.4, 0.5) is 0 Å². The van der Waals surface area contributed by atoms with Crippen LogP contribution in [0, 0.1) is 11.3 Å². The van der Waals surface area contributed by atoms with Gasteiger partial charge in [-0.1, -0.05) is 13.8 Å². The molecule has 2 atom stereocenters. The first-order valence-electron chi connectivity index (χ1n) is 4.98. The number of amides is 1. The zero-order valence-electron chi connectivity index (χ0n) is 8.30. The third-order valence-electron chi connectivity index (χ3n) is 3.11. The van der Waals surface area contributed by atoms with E-state index in [4.69, 9.17) is 0 Å². The molecule has 1 saturated carbocycles. The summed E-state index contributed by atoms with van der Waals surface area (Å²) in [7, 11) is 0. The fraction of sp³-hybridized carbons (Fsp3) is 0.900. The van der Waals surface area contributed by atoms with E-state index in [1.807, 2.05) is 11.8 Å². The molecule has 2 aliphatic rings. The van der Waals surface area contributed by atoms with E-state index in [0.717, 1.165) is 18.6 Å². The van der Waals surface area contributed by atoms with Gasteiger partial charge in [-0.25, -0.2) is 0 Å². The minimum absolute atomic E-state index is 0.274. The Labute approximate surface area is 83.8 Å². The maximum atomic E-state index is 11.7. The summed E-state index contributed by atoms with van der Waals surface area (Å²) >= 11 is 1.94. The van der Waals surface area contributed by atoms with E-state index < -0.39 is 0 Å². The molecule has 0 bridgehead atoms. The Balaban J connectivity index is 1.79. The molecule has 1 heterocycles. The van der Waals surface area contributed by atoms with E-state index in [-0.39, 0.29) is 17.2 Å². The highest BCUT2D eigenvalue weighted by Crippen LogP contribution is 2.51. The van der Waals surface area contributed by atoms with Crippen molar-refractivity contribution in [3.05, 3.63) is 0 Å². The Hall–Kier alpha value is -0.180. The molecule has 1 N–H and O–H groups in total. The van der Waals surface area contributed by atoms with Crippen LogP contribution in [0.2, 0.25) is 0 Å². The van der Waals surface area contributed by atoms with Crippen LogP contribution in [-0.2, 0) is 4.79 Å². The summed E-state index contributed by atoms with van der Waals surface area (Å²) in [5, 5.41) is 3.14. The fourth-order valence-corrected chi connectivity index (χ4v) is 3.02. The second-order valence-corrected chi connectivity index (χ2v) is 5.96. The fourth-order valence-electron chi connectivity index (χ4n) is 1.86. The van der Waals surface area contributed by atoms with E-state index in [9.17, 15) is 4.79 Å². The maximum Gasteiger partial charge on any atom is 0.223 e. The number of thioether (sulfide) groups is 1. The van der Waals surface area contributed by atoms with Crippen LogP contribution in [0.3, 0.4) is 0 Å². The molecule has 0 radical (unpaired) electrons. The van der Waals surface area contributed by atoms with Crippen molar-refractivity contribution in [2.45, 2.75) is 32.7 Å². The van der Waals surface area contributed by atoms with Gasteiger partial charge in [-0.2, -0.15) is 11.8 Å². The zero-order chi connectivity index (χ0) is 9.47. The van der Waals surface area contributed by atoms with Crippen LogP contribution in [-0.4, -0.2) is 23.5 Å². The van der Waals surface area contributed by atoms with E-state index in [1.54, 1.807) is 0 Å². The molecule has 1 aliphatic carbocycles. The first-order valence-corrected chi connectivity index (χ1v) is 6.13. The summed E-state index contributed by atoms with van der Waals surface area (Å²) in [6, 6.07) is 0.453. The number of hydrogen-bond donors (Lipinski definition) is 1. The standard InChI is InChI=1S/C10H17NOS/c1-10(2)5-8(10)9(12)11-7-3-4-13-6-7/h7-8H,3-6H2,1-2H3,(H,11,12)/t7?,8-/m1/s1. The summed E-state index contributed by atoms with van der Waals surface area (Å²) in [4.78, 5) is 11.7. The summed E-state index contributed by atoms with van der Waals surface area (Å²) in [6.07, 6.45) is 2.22. The summed E-state index contributed by atoms with van der Waals surface area (Å²) < 4.78 is 0. The Kier molecular flexibility index (Phi) is 2.30. The predicted molar refractivity (Wildman–Crippen MR) is 55.8 cm³/mol. The molecule has 3 heteroatoms. The highest BCUT2D eigenvalue weighted by atomic mass is 32.2. The maximum absolute atomic E-state index is 11.7. The number of nitrogens with one attached hydrogen (secondary N) is 1. The molecule has 2 nitrogen and oxygen atoms in total. The van der Waals surface area contributed by atoms with Gasteiger partial charge < -0.3 is 5.32 Å². The van der Waals surface area contributed by atoms with Crippen molar-refractivity contribution in [2.75, 3.05) is 11.5 Å². The zero-order valence-corrected chi connectivity index (χ0v) is 9.12. The molecule has 2 fully saturated rings. The van der Waals surface area contributed by atoms with E-state index in [2.05, 4.69) is 19.2 Å². The summed E-state index contributed by atoms with van der Waals surface area (Å²) in [5.74, 6) is 2.90. The smallest absolute Gasteiger partial charge is 0.223 e. The van der Waals surface area contributed by atoms with Gasteiger partial charge in [-0.05, 0) is 24.0 Å². The van der Waals surface area contributed by atoms with Gasteiger partial charge in [0, 0.05) is 17.7 Å². The van der Waals surface area contributed by atoms with Crippen molar-refractivity contribution in [1.29, 1.82) is 0 Å². The van der Waals surface area contributed by atoms with Crippen molar-refractivity contribution in [3.8, 4) is 0 Å². The Morgan fingerprint density at radius 3 is 2.69 bits per heavy atom. The quantitative estimate of drug-likeness (QED) is 0.732. The lowest BCUT2D eigenvalue weighted by molar-refractivity contribution is -0.123. The number of carbonyl (C=O) groups is 1. The Morgan fingerprint density at radius 2 is 2.23 bits per heavy atom. The lowest BCUT2D eigenvalue weighted by Crippen LogP contribution is -2.36. The van der Waals surface area contributed by atoms with E-state index >= 15 is 0 Å². The number of carbonyl (C=O) groups excluding carboxylic acids is 1. The lowest BCUT2D eigenvalue weighted by atomic mass is 10.1. The van der Waals surface area contributed by atoms with Gasteiger partial charge in [0.2, 0.25) is 5.91 Å². The van der Waals surface area contributed by atoms with Crippen LogP contribution in [0.15, 0.2) is 0 Å². The van der Waals surface area contributed by atoms with Gasteiger partial charge in [0.15, 0.2) is 0 Å². The molecule has 0 aromatic heterocycles. The molecular weight excluding hydrogens is 182 g/mol. The summed E-state index contributed by atoms with van der Waals surface area (Å²) in [5.41, 5.74) is 0.274. The average Bonchev–Trinajstić information content (AvgIpc) is 2.49. The largest absolute Gasteiger partial charge is 0.352 e. The molecule has 0 aromatic rings. The highest BCUT2D eigenvalue weighted by Gasteiger charge is 2.50. The first kappa shape index (κ1) is 9.38. The molecule has 13 heavy (non-hydrogen) atoms. The molecule has 74 valence electrons. The monoisotopic (exact) mass is 199 g/mol. The van der Waals surface area contributed by atoms with Crippen LogP contribution < -0.4 is 5.32 Å². The second-order valence-electron chi connectivity index (χ2n) is 4.81. The number of hydrogen-bond acceptors (Lipinski definition) is 2. The SMILES string of the molecule is CC1(C)C[C@@H]1C(=O)NC1CCSC1. The van der Waals surface area contributed by atoms with Gasteiger partial charge in [-0.15, -0.1) is 0 Å². The van der Waals surface area contributed by atoms with Gasteiger partial charge in [-0.3, -0.25) is 4.79 Å². The minimum atomic E-state index is 0.274. The van der Waals surface area contributed by atoms with E-state index in [0.29, 0.717) is 6.04 Å². The van der Waals surface area contributed by atoms with Gasteiger partial charge >= 0.3 is 0 Å².